The van der Waals surface area contributed by atoms with E-state index in [1.165, 1.54) is 4.90 Å². The number of nitrogens with one attached hydrogen (secondary N) is 1. The molecule has 0 saturated heterocycles. The number of nitrogens with zero attached hydrogens (tertiary/aromatic N) is 2. The van der Waals surface area contributed by atoms with Gasteiger partial charge in [0, 0.05) is 18.9 Å². The number of benzene rings is 1. The van der Waals surface area contributed by atoms with Crippen LogP contribution >= 0.6 is 0 Å². The molecule has 11 heteroatoms. The number of hydrogen-bond donors (Lipinski definition) is 2. The molecule has 4 rings (SSSR count). The first-order chi connectivity index (χ1) is 15.6. The van der Waals surface area contributed by atoms with Gasteiger partial charge in [0.2, 0.25) is 11.8 Å². The lowest BCUT2D eigenvalue weighted by molar-refractivity contribution is -0.140. The normalized spacial score (nSPS) is 27.4. The summed E-state index contributed by atoms with van der Waals surface area (Å²) >= 11 is 0. The fourth-order valence-corrected chi connectivity index (χ4v) is 4.75. The maximum atomic E-state index is 14.7. The molecule has 1 unspecified atom stereocenters. The van der Waals surface area contributed by atoms with Crippen LogP contribution in [0.5, 0.6) is 5.75 Å². The van der Waals surface area contributed by atoms with Crippen molar-refractivity contribution in [3.63, 3.8) is 0 Å². The summed E-state index contributed by atoms with van der Waals surface area (Å²) in [5, 5.41) is 2.72. The van der Waals surface area contributed by atoms with Crippen LogP contribution in [0.4, 0.5) is 17.6 Å². The zero-order chi connectivity index (χ0) is 25.2. The van der Waals surface area contributed by atoms with E-state index in [-0.39, 0.29) is 42.7 Å². The quantitative estimate of drug-likeness (QED) is 0.639. The molecule has 2 heterocycles. The molecule has 1 aromatic carbocycles. The summed E-state index contributed by atoms with van der Waals surface area (Å²) in [6.45, 7) is 7.01. The van der Waals surface area contributed by atoms with Gasteiger partial charge in [0.15, 0.2) is 5.96 Å². The molecule has 0 spiro atoms. The van der Waals surface area contributed by atoms with E-state index in [0.717, 1.165) is 6.07 Å². The van der Waals surface area contributed by atoms with Crippen molar-refractivity contribution in [3.8, 4) is 5.75 Å². The van der Waals surface area contributed by atoms with Crippen molar-refractivity contribution in [2.45, 2.75) is 70.3 Å². The Bertz CT molecular complexity index is 1070. The van der Waals surface area contributed by atoms with Gasteiger partial charge in [-0.25, -0.2) is 9.38 Å². The monoisotopic (exact) mass is 484 g/mol. The van der Waals surface area contributed by atoms with Crippen LogP contribution in [0.25, 0.3) is 0 Å². The van der Waals surface area contributed by atoms with Crippen molar-refractivity contribution in [2.24, 2.45) is 22.6 Å². The molecule has 186 valence electrons. The van der Waals surface area contributed by atoms with Crippen molar-refractivity contribution in [1.82, 2.24) is 10.2 Å². The van der Waals surface area contributed by atoms with E-state index < -0.39 is 52.3 Å². The molecule has 3 aliphatic rings. The molecule has 1 fully saturated rings. The molecule has 2 amide bonds. The number of carbonyl (C=O) groups excluding carboxylic acids is 2. The smallest absolute Gasteiger partial charge is 0.419 e. The molecular weight excluding hydrogens is 456 g/mol. The van der Waals surface area contributed by atoms with Crippen LogP contribution in [-0.4, -0.2) is 40.4 Å². The lowest BCUT2D eigenvalue weighted by Crippen LogP contribution is -2.50. The van der Waals surface area contributed by atoms with Crippen LogP contribution in [0, 0.1) is 17.7 Å². The Hall–Kier alpha value is -2.85. The van der Waals surface area contributed by atoms with Gasteiger partial charge in [-0.05, 0) is 52.2 Å². The fourth-order valence-electron chi connectivity index (χ4n) is 4.75. The Balaban J connectivity index is 1.50. The van der Waals surface area contributed by atoms with Crippen LogP contribution in [0.15, 0.2) is 17.1 Å². The summed E-state index contributed by atoms with van der Waals surface area (Å²) < 4.78 is 60.8. The maximum absolute atomic E-state index is 14.7. The minimum absolute atomic E-state index is 0.0979. The van der Waals surface area contributed by atoms with Gasteiger partial charge in [-0.1, -0.05) is 0 Å². The molecule has 1 aromatic rings. The lowest BCUT2D eigenvalue weighted by atomic mass is 9.87. The number of amides is 2. The highest BCUT2D eigenvalue weighted by atomic mass is 19.4. The Morgan fingerprint density at radius 2 is 1.97 bits per heavy atom. The number of carbonyl (C=O) groups is 2. The predicted molar refractivity (Wildman–Crippen MR) is 115 cm³/mol. The van der Waals surface area contributed by atoms with E-state index in [1.54, 1.807) is 27.7 Å². The molecule has 3 atom stereocenters. The number of aliphatic imine (C=N–C) groups is 1. The summed E-state index contributed by atoms with van der Waals surface area (Å²) in [6, 6.07) is 0.404. The third-order valence-corrected chi connectivity index (χ3v) is 6.44. The van der Waals surface area contributed by atoms with Crippen LogP contribution in [-0.2, 0) is 15.8 Å². The predicted octanol–water partition coefficient (Wildman–Crippen LogP) is 3.52. The molecule has 1 aliphatic carbocycles. The maximum Gasteiger partial charge on any atom is 0.419 e. The van der Waals surface area contributed by atoms with Crippen LogP contribution < -0.4 is 15.8 Å². The number of rotatable bonds is 4. The Kier molecular flexibility index (Phi) is 5.60. The zero-order valence-electron chi connectivity index (χ0n) is 19.4. The van der Waals surface area contributed by atoms with E-state index in [0.29, 0.717) is 12.5 Å². The number of hydrogen-bond acceptors (Lipinski definition) is 5. The van der Waals surface area contributed by atoms with E-state index in [4.69, 9.17) is 10.5 Å². The summed E-state index contributed by atoms with van der Waals surface area (Å²) in [4.78, 5) is 31.1. The van der Waals surface area contributed by atoms with Crippen molar-refractivity contribution in [3.05, 3.63) is 29.1 Å². The fraction of sp³-hybridized carbons (Fsp3) is 0.609. The van der Waals surface area contributed by atoms with E-state index >= 15 is 0 Å². The second-order valence-corrected chi connectivity index (χ2v) is 10.5. The van der Waals surface area contributed by atoms with Crippen molar-refractivity contribution in [1.29, 1.82) is 0 Å². The molecule has 34 heavy (non-hydrogen) atoms. The van der Waals surface area contributed by atoms with Gasteiger partial charge in [0.25, 0.3) is 0 Å². The highest BCUT2D eigenvalue weighted by Gasteiger charge is 2.48. The van der Waals surface area contributed by atoms with Crippen molar-refractivity contribution < 1.29 is 31.9 Å². The third-order valence-electron chi connectivity index (χ3n) is 6.44. The standard InChI is InChI=1S/C23H28F4N4O3/c1-21(2)9-16(32)31(20(28)30-21)10-11-7-12(11)19(33)29-15-8-22(3,4)34-18-13(23(25,26)27)5-6-14(24)17(15)18/h5-6,11-12,15H,7-10H2,1-4H3,(H2,28,30)(H,29,33)/t11-,12+,15?/m0/s1. The first kappa shape index (κ1) is 24.3. The van der Waals surface area contributed by atoms with Gasteiger partial charge in [0.1, 0.15) is 17.2 Å². The van der Waals surface area contributed by atoms with E-state index in [1.807, 2.05) is 0 Å². The second kappa shape index (κ2) is 7.84. The number of guanidine groups is 1. The van der Waals surface area contributed by atoms with Gasteiger partial charge in [-0.3, -0.25) is 14.5 Å². The molecular formula is C23H28F4N4O3. The Morgan fingerprint density at radius 3 is 2.59 bits per heavy atom. The van der Waals surface area contributed by atoms with E-state index in [9.17, 15) is 27.2 Å². The number of fused-ring (bicyclic) bond motifs is 1. The number of ether oxygens (including phenoxy) is 1. The molecule has 0 aromatic heterocycles. The van der Waals surface area contributed by atoms with Crippen LogP contribution in [0.1, 0.15) is 64.1 Å². The van der Waals surface area contributed by atoms with Crippen molar-refractivity contribution >= 4 is 17.8 Å². The summed E-state index contributed by atoms with van der Waals surface area (Å²) in [5.41, 5.74) is 2.93. The molecule has 3 N–H and O–H groups in total. The first-order valence-corrected chi connectivity index (χ1v) is 11.1. The number of alkyl halides is 3. The number of nitrogens with two attached hydrogens (primary N) is 1. The zero-order valence-corrected chi connectivity index (χ0v) is 19.4. The second-order valence-electron chi connectivity index (χ2n) is 10.5. The third kappa shape index (κ3) is 4.69. The average Bonchev–Trinajstić information content (AvgIpc) is 3.41. The minimum atomic E-state index is -4.74. The highest BCUT2D eigenvalue weighted by Crippen LogP contribution is 2.48. The summed E-state index contributed by atoms with van der Waals surface area (Å²) in [6.07, 6.45) is -3.96. The minimum Gasteiger partial charge on any atom is -0.487 e. The van der Waals surface area contributed by atoms with Gasteiger partial charge in [-0.2, -0.15) is 13.2 Å². The highest BCUT2D eigenvalue weighted by molar-refractivity contribution is 5.99. The van der Waals surface area contributed by atoms with Gasteiger partial charge < -0.3 is 15.8 Å². The van der Waals surface area contributed by atoms with Gasteiger partial charge in [0.05, 0.1) is 29.1 Å². The molecule has 7 nitrogen and oxygen atoms in total. The SMILES string of the molecule is CC1(C)CC(=O)N(C[C@@H]2C[C@H]2C(=O)NC2CC(C)(C)Oc3c(C(F)(F)F)ccc(F)c32)C(N)=N1. The van der Waals surface area contributed by atoms with Gasteiger partial charge >= 0.3 is 6.18 Å². The van der Waals surface area contributed by atoms with Gasteiger partial charge in [-0.15, -0.1) is 0 Å². The van der Waals surface area contributed by atoms with E-state index in [2.05, 4.69) is 10.3 Å². The average molecular weight is 484 g/mol. The van der Waals surface area contributed by atoms with Crippen LogP contribution in [0.2, 0.25) is 0 Å². The summed E-state index contributed by atoms with van der Waals surface area (Å²) in [7, 11) is 0. The largest absolute Gasteiger partial charge is 0.487 e. The molecule has 0 bridgehead atoms. The van der Waals surface area contributed by atoms with Crippen LogP contribution in [0.3, 0.4) is 0 Å². The van der Waals surface area contributed by atoms with Crippen molar-refractivity contribution in [2.75, 3.05) is 6.54 Å². The summed E-state index contributed by atoms with van der Waals surface area (Å²) in [5.74, 6) is -2.57. The Labute approximate surface area is 194 Å². The molecule has 0 radical (unpaired) electrons. The molecule has 2 aliphatic heterocycles. The molecule has 1 saturated carbocycles. The Morgan fingerprint density at radius 1 is 1.29 bits per heavy atom. The number of halogens is 4. The first-order valence-electron chi connectivity index (χ1n) is 11.1. The topological polar surface area (TPSA) is 97.0 Å². The lowest BCUT2D eigenvalue weighted by Gasteiger charge is -2.39.